The van der Waals surface area contributed by atoms with Crippen LogP contribution in [-0.2, 0) is 6.54 Å². The number of nitrogens with one attached hydrogen (secondary N) is 1. The highest BCUT2D eigenvalue weighted by atomic mass is 19.1. The van der Waals surface area contributed by atoms with Crippen molar-refractivity contribution < 1.29 is 18.7 Å². The Morgan fingerprint density at radius 2 is 2.32 bits per heavy atom. The fourth-order valence-electron chi connectivity index (χ4n) is 2.82. The number of hydrogen-bond acceptors (Lipinski definition) is 5. The Labute approximate surface area is 125 Å². The topological polar surface area (TPSA) is 78.3 Å². The summed E-state index contributed by atoms with van der Waals surface area (Å²) in [7, 11) is 0. The Bertz CT molecular complexity index is 746. The largest absolute Gasteiger partial charge is 0.454 e. The van der Waals surface area contributed by atoms with E-state index in [1.54, 1.807) is 4.68 Å². The maximum atomic E-state index is 14.1. The van der Waals surface area contributed by atoms with Gasteiger partial charge in [-0.2, -0.15) is 5.10 Å². The first-order valence-electron chi connectivity index (χ1n) is 7.00. The molecule has 1 aromatic heterocycles. The van der Waals surface area contributed by atoms with Gasteiger partial charge in [0.15, 0.2) is 11.5 Å². The third-order valence-electron chi connectivity index (χ3n) is 3.84. The zero-order chi connectivity index (χ0) is 15.1. The van der Waals surface area contributed by atoms with Crippen LogP contribution in [-0.4, -0.2) is 27.5 Å². The molecule has 2 aromatic rings. The Morgan fingerprint density at radius 1 is 1.41 bits per heavy atom. The van der Waals surface area contributed by atoms with Crippen molar-refractivity contribution in [2.75, 3.05) is 6.79 Å². The van der Waals surface area contributed by atoms with Crippen LogP contribution in [0.2, 0.25) is 0 Å². The Hall–Kier alpha value is -2.64. The van der Waals surface area contributed by atoms with Gasteiger partial charge in [-0.05, 0) is 25.0 Å². The first-order valence-corrected chi connectivity index (χ1v) is 7.00. The summed E-state index contributed by atoms with van der Waals surface area (Å²) < 4.78 is 26.2. The standard InChI is InChI=1S/C14H13FN4O3/c15-8-3-4-10-12(22-7-21-10)11(8)14(20)18-9-2-1-5-19-13(9)16-6-17-19/h3-4,6,9H,1-2,5,7H2,(H,18,20)/t9-/m0/s1. The van der Waals surface area contributed by atoms with Gasteiger partial charge < -0.3 is 14.8 Å². The molecule has 0 aliphatic carbocycles. The van der Waals surface area contributed by atoms with E-state index < -0.39 is 11.7 Å². The van der Waals surface area contributed by atoms with Crippen LogP contribution in [0.4, 0.5) is 4.39 Å². The summed E-state index contributed by atoms with van der Waals surface area (Å²) >= 11 is 0. The van der Waals surface area contributed by atoms with Crippen molar-refractivity contribution in [2.45, 2.75) is 25.4 Å². The second-order valence-electron chi connectivity index (χ2n) is 5.17. The fraction of sp³-hybridized carbons (Fsp3) is 0.357. The lowest BCUT2D eigenvalue weighted by molar-refractivity contribution is 0.0918. The molecular weight excluding hydrogens is 291 g/mol. The predicted molar refractivity (Wildman–Crippen MR) is 72.0 cm³/mol. The summed E-state index contributed by atoms with van der Waals surface area (Å²) in [6.07, 6.45) is 3.06. The van der Waals surface area contributed by atoms with Crippen LogP contribution in [0.25, 0.3) is 0 Å². The predicted octanol–water partition coefficient (Wildman–Crippen LogP) is 1.41. The lowest BCUT2D eigenvalue weighted by Gasteiger charge is -2.23. The van der Waals surface area contributed by atoms with Gasteiger partial charge in [-0.3, -0.25) is 4.79 Å². The molecule has 0 unspecified atom stereocenters. The maximum absolute atomic E-state index is 14.1. The number of aromatic nitrogens is 3. The number of hydrogen-bond donors (Lipinski definition) is 1. The van der Waals surface area contributed by atoms with Crippen LogP contribution in [0.15, 0.2) is 18.5 Å². The molecule has 0 spiro atoms. The quantitative estimate of drug-likeness (QED) is 0.907. The van der Waals surface area contributed by atoms with Crippen molar-refractivity contribution in [2.24, 2.45) is 0 Å². The third-order valence-corrected chi connectivity index (χ3v) is 3.84. The van der Waals surface area contributed by atoms with E-state index in [4.69, 9.17) is 9.47 Å². The molecule has 0 saturated carbocycles. The van der Waals surface area contributed by atoms with E-state index in [1.807, 2.05) is 0 Å². The minimum atomic E-state index is -0.640. The average Bonchev–Trinajstić information content (AvgIpc) is 3.15. The first kappa shape index (κ1) is 13.1. The molecule has 2 aliphatic rings. The summed E-state index contributed by atoms with van der Waals surface area (Å²) in [5.74, 6) is 0.0261. The summed E-state index contributed by atoms with van der Waals surface area (Å²) in [5.41, 5.74) is -0.133. The summed E-state index contributed by atoms with van der Waals surface area (Å²) in [6.45, 7) is 0.755. The van der Waals surface area contributed by atoms with Crippen molar-refractivity contribution in [3.8, 4) is 11.5 Å². The zero-order valence-corrected chi connectivity index (χ0v) is 11.6. The Morgan fingerprint density at radius 3 is 3.23 bits per heavy atom. The van der Waals surface area contributed by atoms with Crippen molar-refractivity contribution >= 4 is 5.91 Å². The molecule has 1 N–H and O–H groups in total. The molecule has 8 heteroatoms. The van der Waals surface area contributed by atoms with Crippen LogP contribution in [0.5, 0.6) is 11.5 Å². The molecule has 2 aliphatic heterocycles. The first-order chi connectivity index (χ1) is 10.7. The van der Waals surface area contributed by atoms with Gasteiger partial charge in [0.25, 0.3) is 5.91 Å². The molecule has 1 amide bonds. The van der Waals surface area contributed by atoms with Crippen LogP contribution in [0, 0.1) is 5.82 Å². The summed E-state index contributed by atoms with van der Waals surface area (Å²) in [6, 6.07) is 2.36. The van der Waals surface area contributed by atoms with Gasteiger partial charge >= 0.3 is 0 Å². The molecular formula is C14H13FN4O3. The smallest absolute Gasteiger partial charge is 0.258 e. The number of carbonyl (C=O) groups excluding carboxylic acids is 1. The minimum absolute atomic E-state index is 0.0170. The third kappa shape index (κ3) is 1.99. The molecule has 3 heterocycles. The molecule has 0 fully saturated rings. The zero-order valence-electron chi connectivity index (χ0n) is 11.6. The van der Waals surface area contributed by atoms with Crippen LogP contribution >= 0.6 is 0 Å². The van der Waals surface area contributed by atoms with Crippen molar-refractivity contribution in [1.82, 2.24) is 20.1 Å². The molecule has 0 bridgehead atoms. The number of benzene rings is 1. The monoisotopic (exact) mass is 304 g/mol. The number of nitrogens with zero attached hydrogens (tertiary/aromatic N) is 3. The van der Waals surface area contributed by atoms with Crippen molar-refractivity contribution in [3.63, 3.8) is 0 Å². The minimum Gasteiger partial charge on any atom is -0.454 e. The van der Waals surface area contributed by atoms with Gasteiger partial charge in [-0.15, -0.1) is 0 Å². The number of fused-ring (bicyclic) bond motifs is 2. The van der Waals surface area contributed by atoms with Crippen LogP contribution < -0.4 is 14.8 Å². The molecule has 1 atom stereocenters. The molecule has 4 rings (SSSR count). The van der Waals surface area contributed by atoms with E-state index in [1.165, 1.54) is 18.5 Å². The van der Waals surface area contributed by atoms with E-state index >= 15 is 0 Å². The van der Waals surface area contributed by atoms with Gasteiger partial charge in [0.2, 0.25) is 6.79 Å². The van der Waals surface area contributed by atoms with E-state index in [0.29, 0.717) is 11.6 Å². The normalized spacial score (nSPS) is 18.9. The number of aryl methyl sites for hydroxylation is 1. The number of ether oxygens (including phenoxy) is 2. The van der Waals surface area contributed by atoms with E-state index in [0.717, 1.165) is 19.4 Å². The maximum Gasteiger partial charge on any atom is 0.258 e. The Kier molecular flexibility index (Phi) is 2.95. The summed E-state index contributed by atoms with van der Waals surface area (Å²) in [4.78, 5) is 16.6. The average molecular weight is 304 g/mol. The van der Waals surface area contributed by atoms with E-state index in [9.17, 15) is 9.18 Å². The van der Waals surface area contributed by atoms with Gasteiger partial charge in [-0.1, -0.05) is 0 Å². The molecule has 114 valence electrons. The fourth-order valence-corrected chi connectivity index (χ4v) is 2.82. The van der Waals surface area contributed by atoms with Crippen LogP contribution in [0.3, 0.4) is 0 Å². The van der Waals surface area contributed by atoms with E-state index in [2.05, 4.69) is 15.4 Å². The number of rotatable bonds is 2. The highest BCUT2D eigenvalue weighted by molar-refractivity contribution is 5.98. The SMILES string of the molecule is O=C(N[C@H]1CCCn2ncnc21)c1c(F)ccc2c1OCO2. The Balaban J connectivity index is 1.64. The highest BCUT2D eigenvalue weighted by Crippen LogP contribution is 2.37. The van der Waals surface area contributed by atoms with Gasteiger partial charge in [0.05, 0.1) is 6.04 Å². The molecule has 0 saturated heterocycles. The van der Waals surface area contributed by atoms with E-state index in [-0.39, 0.29) is 24.1 Å². The number of halogens is 1. The molecule has 0 radical (unpaired) electrons. The number of carbonyl (C=O) groups is 1. The lowest BCUT2D eigenvalue weighted by Crippen LogP contribution is -2.33. The second kappa shape index (κ2) is 4.97. The van der Waals surface area contributed by atoms with Crippen molar-refractivity contribution in [1.29, 1.82) is 0 Å². The second-order valence-corrected chi connectivity index (χ2v) is 5.17. The molecule has 7 nitrogen and oxygen atoms in total. The lowest BCUT2D eigenvalue weighted by atomic mass is 10.1. The van der Waals surface area contributed by atoms with Gasteiger partial charge in [0, 0.05) is 6.54 Å². The number of amides is 1. The van der Waals surface area contributed by atoms with Crippen LogP contribution in [0.1, 0.15) is 35.1 Å². The van der Waals surface area contributed by atoms with Gasteiger partial charge in [0.1, 0.15) is 23.5 Å². The molecule has 1 aromatic carbocycles. The highest BCUT2D eigenvalue weighted by Gasteiger charge is 2.30. The van der Waals surface area contributed by atoms with Gasteiger partial charge in [-0.25, -0.2) is 14.1 Å². The molecule has 22 heavy (non-hydrogen) atoms. The summed E-state index contributed by atoms with van der Waals surface area (Å²) in [5, 5.41) is 6.91. The van der Waals surface area contributed by atoms with Crippen molar-refractivity contribution in [3.05, 3.63) is 35.7 Å².